The summed E-state index contributed by atoms with van der Waals surface area (Å²) in [5.74, 6) is -0.161. The van der Waals surface area contributed by atoms with Crippen LogP contribution in [0.1, 0.15) is 12.6 Å². The van der Waals surface area contributed by atoms with Crippen molar-refractivity contribution in [2.75, 3.05) is 12.3 Å². The molecule has 0 aliphatic carbocycles. The Morgan fingerprint density at radius 1 is 1.23 bits per heavy atom. The molecule has 0 bridgehead atoms. The number of phosphoric acid groups is 3. The van der Waals surface area contributed by atoms with E-state index >= 15 is 0 Å². The average Bonchev–Trinajstić information content (AvgIpc) is 3.13. The van der Waals surface area contributed by atoms with E-state index in [-0.39, 0.29) is 23.5 Å². The fourth-order valence-corrected chi connectivity index (χ4v) is 5.74. The van der Waals surface area contributed by atoms with Crippen LogP contribution in [0, 0.1) is 0 Å². The number of nitrogens with zero attached hydrogens (tertiary/aromatic N) is 3. The summed E-state index contributed by atoms with van der Waals surface area (Å²) in [5, 5.41) is 0. The quantitative estimate of drug-likeness (QED) is 0.204. The summed E-state index contributed by atoms with van der Waals surface area (Å²) in [6, 6.07) is -0.769. The van der Waals surface area contributed by atoms with Crippen LogP contribution in [0.3, 0.4) is 0 Å². The molecule has 0 saturated carbocycles. The largest absolute Gasteiger partial charge is 0.490 e. The van der Waals surface area contributed by atoms with Gasteiger partial charge >= 0.3 is 23.5 Å². The van der Waals surface area contributed by atoms with Gasteiger partial charge in [-0.2, -0.15) is 13.6 Å². The van der Waals surface area contributed by atoms with E-state index in [1.165, 1.54) is 10.9 Å². The minimum atomic E-state index is -5.64. The number of hydrogen-bond donors (Lipinski definition) is 7. The van der Waals surface area contributed by atoms with E-state index in [2.05, 4.69) is 28.1 Å². The molecule has 1 aliphatic rings. The maximum absolute atomic E-state index is 11.9. The maximum atomic E-state index is 11.9. The van der Waals surface area contributed by atoms with Gasteiger partial charge in [-0.3, -0.25) is 18.9 Å². The minimum absolute atomic E-state index is 0.0110. The number of aromatic amines is 1. The topological polar surface area (TPSA) is 285 Å². The lowest BCUT2D eigenvalue weighted by Crippen LogP contribution is -2.33. The van der Waals surface area contributed by atoms with Crippen molar-refractivity contribution in [1.82, 2.24) is 19.5 Å². The second kappa shape index (κ2) is 8.44. The van der Waals surface area contributed by atoms with Gasteiger partial charge in [0.15, 0.2) is 11.2 Å². The summed E-state index contributed by atoms with van der Waals surface area (Å²) in [6.45, 7) is -0.718. The second-order valence-electron chi connectivity index (χ2n) is 6.19. The van der Waals surface area contributed by atoms with Crippen LogP contribution in [0.4, 0.5) is 5.95 Å². The van der Waals surface area contributed by atoms with Gasteiger partial charge in [0.05, 0.1) is 19.0 Å². The lowest BCUT2D eigenvalue weighted by atomic mass is 10.1. The number of fused-ring (bicyclic) bond motifs is 1. The standard InChI is InChI=1S/C10H17N6O12P3/c11-4-1-6(16-3-13-7-8(16)14-10(12)15-9(7)17)26-5(4)2-25-30(21,22)28-31(23,24)27-29(18,19)20/h3-6H,1-2,11H2,(H,21,22)(H,23,24)(H2,18,19,20)(H3,12,14,15,17). The predicted octanol–water partition coefficient (Wildman–Crippen LogP) is -1.34. The van der Waals surface area contributed by atoms with Gasteiger partial charge in [0.25, 0.3) is 5.56 Å². The molecule has 1 fully saturated rings. The summed E-state index contributed by atoms with van der Waals surface area (Å²) >= 11 is 0. The number of nitrogen functional groups attached to an aromatic ring is 1. The molecule has 174 valence electrons. The van der Waals surface area contributed by atoms with E-state index in [1.54, 1.807) is 0 Å². The third-order valence-corrected chi connectivity index (χ3v) is 7.66. The Morgan fingerprint density at radius 2 is 1.90 bits per heavy atom. The molecule has 5 unspecified atom stereocenters. The maximum Gasteiger partial charge on any atom is 0.490 e. The van der Waals surface area contributed by atoms with Crippen molar-refractivity contribution in [3.63, 3.8) is 0 Å². The molecule has 21 heteroatoms. The lowest BCUT2D eigenvalue weighted by molar-refractivity contribution is -0.0230. The Morgan fingerprint density at radius 3 is 2.55 bits per heavy atom. The first-order valence-electron chi connectivity index (χ1n) is 8.07. The van der Waals surface area contributed by atoms with Crippen molar-refractivity contribution in [2.45, 2.75) is 24.8 Å². The van der Waals surface area contributed by atoms with Crippen LogP contribution >= 0.6 is 23.5 Å². The first kappa shape index (κ1) is 24.1. The van der Waals surface area contributed by atoms with Crippen molar-refractivity contribution in [2.24, 2.45) is 5.73 Å². The van der Waals surface area contributed by atoms with Crippen molar-refractivity contribution in [1.29, 1.82) is 0 Å². The van der Waals surface area contributed by atoms with Crippen LogP contribution in [0.5, 0.6) is 0 Å². The smallest absolute Gasteiger partial charge is 0.369 e. The van der Waals surface area contributed by atoms with Gasteiger partial charge in [0, 0.05) is 12.5 Å². The molecule has 0 amide bonds. The Hall–Kier alpha value is -1.52. The summed E-state index contributed by atoms with van der Waals surface area (Å²) in [7, 11) is -16.5. The van der Waals surface area contributed by atoms with E-state index in [0.717, 1.165) is 0 Å². The first-order chi connectivity index (χ1) is 14.2. The third-order valence-electron chi connectivity index (χ3n) is 3.86. The van der Waals surface area contributed by atoms with E-state index in [1.807, 2.05) is 0 Å². The zero-order valence-corrected chi connectivity index (χ0v) is 17.8. The molecule has 9 N–H and O–H groups in total. The number of hydrogen-bond acceptors (Lipinski definition) is 12. The summed E-state index contributed by atoms with van der Waals surface area (Å²) < 4.78 is 52.5. The number of H-pyrrole nitrogens is 1. The van der Waals surface area contributed by atoms with Gasteiger partial charge in [0.2, 0.25) is 5.95 Å². The highest BCUT2D eigenvalue weighted by atomic mass is 31.3. The van der Waals surface area contributed by atoms with Gasteiger partial charge < -0.3 is 35.8 Å². The molecule has 5 atom stereocenters. The molecule has 18 nitrogen and oxygen atoms in total. The molecule has 0 radical (unpaired) electrons. The van der Waals surface area contributed by atoms with Crippen LogP contribution in [0.15, 0.2) is 11.1 Å². The molecule has 2 aromatic rings. The average molecular weight is 506 g/mol. The van der Waals surface area contributed by atoms with E-state index in [4.69, 9.17) is 30.9 Å². The zero-order chi connectivity index (χ0) is 23.2. The van der Waals surface area contributed by atoms with E-state index < -0.39 is 54.0 Å². The minimum Gasteiger partial charge on any atom is -0.369 e. The number of nitrogens with two attached hydrogens (primary N) is 2. The number of phosphoric ester groups is 1. The number of anilines is 1. The first-order valence-corrected chi connectivity index (χ1v) is 12.6. The van der Waals surface area contributed by atoms with Gasteiger partial charge in [-0.25, -0.2) is 18.7 Å². The monoisotopic (exact) mass is 506 g/mol. The van der Waals surface area contributed by atoms with Gasteiger partial charge in [-0.1, -0.05) is 0 Å². The van der Waals surface area contributed by atoms with Crippen molar-refractivity contribution < 1.29 is 51.2 Å². The zero-order valence-electron chi connectivity index (χ0n) is 15.1. The highest BCUT2D eigenvalue weighted by Gasteiger charge is 2.42. The van der Waals surface area contributed by atoms with Crippen molar-refractivity contribution in [3.8, 4) is 0 Å². The van der Waals surface area contributed by atoms with Crippen LogP contribution in [0.2, 0.25) is 0 Å². The summed E-state index contributed by atoms with van der Waals surface area (Å²) in [4.78, 5) is 57.7. The van der Waals surface area contributed by atoms with Gasteiger partial charge in [0.1, 0.15) is 6.23 Å². The highest BCUT2D eigenvalue weighted by Crippen LogP contribution is 2.66. The summed E-state index contributed by atoms with van der Waals surface area (Å²) in [6.07, 6.45) is -0.464. The SMILES string of the molecule is Nc1nc2c(ncn2C2CC(N)C(COP(=O)(O)OP(=O)(O)OP(=O)(O)O)O2)c(=O)[nH]1. The second-order valence-corrected chi connectivity index (χ2v) is 10.6. The number of aromatic nitrogens is 4. The molecule has 1 saturated heterocycles. The number of nitrogens with one attached hydrogen (secondary N) is 1. The third kappa shape index (κ3) is 6.04. The van der Waals surface area contributed by atoms with Gasteiger partial charge in [-0.15, -0.1) is 0 Å². The molecule has 0 spiro atoms. The van der Waals surface area contributed by atoms with Crippen molar-refractivity contribution >= 4 is 40.6 Å². The molecule has 0 aromatic carbocycles. The Labute approximate surface area is 171 Å². The fourth-order valence-electron chi connectivity index (χ4n) is 2.71. The van der Waals surface area contributed by atoms with Crippen LogP contribution in [0.25, 0.3) is 11.2 Å². The van der Waals surface area contributed by atoms with Crippen LogP contribution in [-0.2, 0) is 31.6 Å². The highest BCUT2D eigenvalue weighted by molar-refractivity contribution is 7.66. The Bertz CT molecular complexity index is 1180. The van der Waals surface area contributed by atoms with E-state index in [0.29, 0.717) is 0 Å². The Balaban J connectivity index is 1.67. The molecule has 3 heterocycles. The number of ether oxygens (including phenoxy) is 1. The Kier molecular flexibility index (Phi) is 6.57. The fraction of sp³-hybridized carbons (Fsp3) is 0.500. The molecule has 2 aromatic heterocycles. The van der Waals surface area contributed by atoms with Crippen LogP contribution < -0.4 is 17.0 Å². The van der Waals surface area contributed by atoms with E-state index in [9.17, 15) is 23.4 Å². The predicted molar refractivity (Wildman–Crippen MR) is 98.9 cm³/mol. The normalized spacial score (nSPS) is 26.0. The lowest BCUT2D eigenvalue weighted by Gasteiger charge is -2.19. The van der Waals surface area contributed by atoms with Crippen molar-refractivity contribution in [3.05, 3.63) is 16.7 Å². The number of rotatable bonds is 8. The molecular weight excluding hydrogens is 489 g/mol. The van der Waals surface area contributed by atoms with Crippen LogP contribution in [-0.4, -0.2) is 57.8 Å². The molecule has 3 rings (SSSR count). The molecule has 31 heavy (non-hydrogen) atoms. The summed E-state index contributed by atoms with van der Waals surface area (Å²) in [5.41, 5.74) is 11.0. The molecule has 1 aliphatic heterocycles. The molecular formula is C10H17N6O12P3. The number of imidazole rings is 1. The van der Waals surface area contributed by atoms with Gasteiger partial charge in [-0.05, 0) is 0 Å².